The molecule has 0 spiro atoms. The number of imidazole rings is 1. The molecule has 0 aliphatic carbocycles. The highest BCUT2D eigenvalue weighted by Gasteiger charge is 2.45. The zero-order valence-electron chi connectivity index (χ0n) is 13.1. The van der Waals surface area contributed by atoms with Crippen molar-refractivity contribution in [3.8, 4) is 0 Å². The van der Waals surface area contributed by atoms with E-state index in [4.69, 9.17) is 10.5 Å². The lowest BCUT2D eigenvalue weighted by molar-refractivity contribution is -0.136. The molecule has 24 heavy (non-hydrogen) atoms. The number of aromatic nitrogens is 4. The Morgan fingerprint density at radius 2 is 1.92 bits per heavy atom. The van der Waals surface area contributed by atoms with Crippen LogP contribution in [0.5, 0.6) is 0 Å². The molecule has 0 amide bonds. The number of nitrogens with zero attached hydrogens (tertiary/aromatic N) is 4. The molecular weight excluding hydrogens is 318 g/mol. The van der Waals surface area contributed by atoms with Gasteiger partial charge in [0.05, 0.1) is 19.0 Å². The van der Waals surface area contributed by atoms with Gasteiger partial charge in [-0.2, -0.15) is 0 Å². The van der Waals surface area contributed by atoms with Crippen molar-refractivity contribution in [2.75, 3.05) is 12.3 Å². The third-order valence-electron chi connectivity index (χ3n) is 4.51. The molecule has 1 fully saturated rings. The number of hydrogen-bond donors (Lipinski definition) is 5. The highest BCUT2D eigenvalue weighted by Crippen LogP contribution is 2.35. The van der Waals surface area contributed by atoms with Crippen molar-refractivity contribution >= 4 is 17.0 Å². The van der Waals surface area contributed by atoms with E-state index >= 15 is 0 Å². The Labute approximate surface area is 137 Å². The minimum absolute atomic E-state index is 0.208. The van der Waals surface area contributed by atoms with Gasteiger partial charge in [-0.25, -0.2) is 15.0 Å². The summed E-state index contributed by atoms with van der Waals surface area (Å²) in [6.45, 7) is 1.31. The molecule has 1 aliphatic rings. The van der Waals surface area contributed by atoms with Crippen LogP contribution in [0.4, 0.5) is 5.82 Å². The maximum Gasteiger partial charge on any atom is 0.167 e. The highest BCUT2D eigenvalue weighted by atomic mass is 16.5. The van der Waals surface area contributed by atoms with Gasteiger partial charge in [-0.3, -0.25) is 4.57 Å². The Hall–Kier alpha value is -1.85. The molecule has 1 saturated heterocycles. The molecule has 10 nitrogen and oxygen atoms in total. The maximum absolute atomic E-state index is 10.4. The molecule has 10 heteroatoms. The Kier molecular flexibility index (Phi) is 4.65. The number of rotatable bonds is 3. The summed E-state index contributed by atoms with van der Waals surface area (Å²) in [7, 11) is 0. The number of aliphatic hydroxyl groups is 4. The number of fused-ring (bicyclic) bond motifs is 1. The molecule has 0 radical (unpaired) electrons. The summed E-state index contributed by atoms with van der Waals surface area (Å²) in [6.07, 6.45) is -2.77. The molecule has 0 aromatic carbocycles. The number of nitrogens with two attached hydrogens (primary N) is 1. The first-order valence-corrected chi connectivity index (χ1v) is 7.73. The summed E-state index contributed by atoms with van der Waals surface area (Å²) in [5, 5.41) is 40.2. The molecule has 1 aliphatic heterocycles. The van der Waals surface area contributed by atoms with Crippen LogP contribution in [0.2, 0.25) is 0 Å². The lowest BCUT2D eigenvalue weighted by Gasteiger charge is -2.29. The lowest BCUT2D eigenvalue weighted by atomic mass is 9.91. The first-order chi connectivity index (χ1) is 11.5. The minimum Gasteiger partial charge on any atom is -0.394 e. The van der Waals surface area contributed by atoms with Gasteiger partial charge in [0, 0.05) is 5.92 Å². The SMILES string of the molecule is CCC1C(n2cnc3c(N)ncnc32)O[C@H](CO)[C@@H](O)[C@@H](O)[C@H]1O. The molecule has 2 aromatic heterocycles. The van der Waals surface area contributed by atoms with E-state index in [2.05, 4.69) is 15.0 Å². The second kappa shape index (κ2) is 6.57. The molecule has 132 valence electrons. The molecule has 0 bridgehead atoms. The zero-order valence-corrected chi connectivity index (χ0v) is 13.1. The fourth-order valence-electron chi connectivity index (χ4n) is 3.13. The predicted molar refractivity (Wildman–Crippen MR) is 82.5 cm³/mol. The van der Waals surface area contributed by atoms with E-state index in [0.717, 1.165) is 0 Å². The summed E-state index contributed by atoms with van der Waals surface area (Å²) < 4.78 is 7.38. The van der Waals surface area contributed by atoms with Gasteiger partial charge in [-0.05, 0) is 6.42 Å². The number of ether oxygens (including phenoxy) is 1. The van der Waals surface area contributed by atoms with Gasteiger partial charge in [0.15, 0.2) is 11.5 Å². The lowest BCUT2D eigenvalue weighted by Crippen LogP contribution is -2.45. The van der Waals surface area contributed by atoms with Crippen LogP contribution in [-0.2, 0) is 4.74 Å². The van der Waals surface area contributed by atoms with E-state index in [-0.39, 0.29) is 5.82 Å². The van der Waals surface area contributed by atoms with Crippen LogP contribution in [0.1, 0.15) is 19.6 Å². The number of anilines is 1. The highest BCUT2D eigenvalue weighted by molar-refractivity contribution is 5.81. The van der Waals surface area contributed by atoms with E-state index in [1.807, 2.05) is 6.92 Å². The van der Waals surface area contributed by atoms with Crippen molar-refractivity contribution in [2.45, 2.75) is 44.0 Å². The Morgan fingerprint density at radius 3 is 2.58 bits per heavy atom. The quantitative estimate of drug-likeness (QED) is 0.444. The van der Waals surface area contributed by atoms with Crippen molar-refractivity contribution in [2.24, 2.45) is 5.92 Å². The Balaban J connectivity index is 2.09. The summed E-state index contributed by atoms with van der Waals surface area (Å²) >= 11 is 0. The van der Waals surface area contributed by atoms with Crippen molar-refractivity contribution in [3.05, 3.63) is 12.7 Å². The van der Waals surface area contributed by atoms with Crippen LogP contribution in [0.15, 0.2) is 12.7 Å². The third kappa shape index (κ3) is 2.62. The Morgan fingerprint density at radius 1 is 1.17 bits per heavy atom. The monoisotopic (exact) mass is 339 g/mol. The number of hydrogen-bond acceptors (Lipinski definition) is 9. The molecule has 2 unspecified atom stereocenters. The van der Waals surface area contributed by atoms with E-state index in [9.17, 15) is 20.4 Å². The third-order valence-corrected chi connectivity index (χ3v) is 4.51. The van der Waals surface area contributed by atoms with Crippen molar-refractivity contribution < 1.29 is 25.2 Å². The van der Waals surface area contributed by atoms with Crippen LogP contribution in [0, 0.1) is 5.92 Å². The average molecular weight is 339 g/mol. The van der Waals surface area contributed by atoms with Gasteiger partial charge in [0.1, 0.15) is 36.4 Å². The van der Waals surface area contributed by atoms with Gasteiger partial charge < -0.3 is 30.9 Å². The maximum atomic E-state index is 10.4. The van der Waals surface area contributed by atoms with Crippen LogP contribution < -0.4 is 5.73 Å². The summed E-state index contributed by atoms with van der Waals surface area (Å²) in [5.74, 6) is -0.348. The van der Waals surface area contributed by atoms with Crippen molar-refractivity contribution in [1.29, 1.82) is 0 Å². The molecule has 0 saturated carbocycles. The summed E-state index contributed by atoms with van der Waals surface area (Å²) in [6, 6.07) is 0. The molecule has 6 atom stereocenters. The Bertz CT molecular complexity index is 710. The van der Waals surface area contributed by atoms with Crippen LogP contribution in [-0.4, -0.2) is 71.0 Å². The van der Waals surface area contributed by atoms with E-state index < -0.39 is 43.2 Å². The van der Waals surface area contributed by atoms with Crippen molar-refractivity contribution in [3.63, 3.8) is 0 Å². The van der Waals surface area contributed by atoms with Gasteiger partial charge in [0.25, 0.3) is 0 Å². The zero-order chi connectivity index (χ0) is 17.4. The number of nitrogen functional groups attached to an aromatic ring is 1. The second-order valence-electron chi connectivity index (χ2n) is 5.87. The first kappa shape index (κ1) is 17.0. The summed E-state index contributed by atoms with van der Waals surface area (Å²) in [5.41, 5.74) is 6.57. The molecule has 3 heterocycles. The van der Waals surface area contributed by atoms with Crippen LogP contribution in [0.25, 0.3) is 11.2 Å². The van der Waals surface area contributed by atoms with Crippen LogP contribution >= 0.6 is 0 Å². The van der Waals surface area contributed by atoms with Gasteiger partial charge in [-0.15, -0.1) is 0 Å². The van der Waals surface area contributed by atoms with E-state index in [1.54, 1.807) is 4.57 Å². The fourth-order valence-corrected chi connectivity index (χ4v) is 3.13. The molecule has 6 N–H and O–H groups in total. The topological polar surface area (TPSA) is 160 Å². The van der Waals surface area contributed by atoms with Gasteiger partial charge in [-0.1, -0.05) is 6.92 Å². The molecule has 3 rings (SSSR count). The van der Waals surface area contributed by atoms with Crippen molar-refractivity contribution in [1.82, 2.24) is 19.5 Å². The van der Waals surface area contributed by atoms with E-state index in [0.29, 0.717) is 17.6 Å². The molecule has 2 aromatic rings. The average Bonchev–Trinajstić information content (AvgIpc) is 2.98. The smallest absolute Gasteiger partial charge is 0.167 e. The fraction of sp³-hybridized carbons (Fsp3) is 0.643. The van der Waals surface area contributed by atoms with Gasteiger partial charge in [0.2, 0.25) is 0 Å². The largest absolute Gasteiger partial charge is 0.394 e. The summed E-state index contributed by atoms with van der Waals surface area (Å²) in [4.78, 5) is 12.2. The number of aliphatic hydroxyl groups excluding tert-OH is 4. The standard InChI is InChI=1S/C14H21N5O5/c1-2-6-9(21)11(23)10(22)7(3-20)24-14(6)19-5-18-8-12(15)16-4-17-13(8)19/h4-7,9-11,14,20-23H,2-3H2,1H3,(H2,15,16,17)/t6?,7-,9+,10-,11+,14?/m1/s1. The molecular formula is C14H21N5O5. The minimum atomic E-state index is -1.44. The van der Waals surface area contributed by atoms with E-state index in [1.165, 1.54) is 12.7 Å². The second-order valence-corrected chi connectivity index (χ2v) is 5.87. The first-order valence-electron chi connectivity index (χ1n) is 7.73. The van der Waals surface area contributed by atoms with Gasteiger partial charge >= 0.3 is 0 Å². The normalized spacial score (nSPS) is 34.4. The predicted octanol–water partition coefficient (Wildman–Crippen LogP) is -1.59. The van der Waals surface area contributed by atoms with Crippen LogP contribution in [0.3, 0.4) is 0 Å².